The molecule has 33 heavy (non-hydrogen) atoms. The van der Waals surface area contributed by atoms with Crippen LogP contribution in [0.3, 0.4) is 0 Å². The van der Waals surface area contributed by atoms with Crippen molar-refractivity contribution in [3.05, 3.63) is 33.1 Å². The molecule has 0 saturated heterocycles. The Hall–Kier alpha value is -3.21. The molecule has 11 heteroatoms. The molecule has 0 spiro atoms. The molecule has 1 aliphatic rings. The Labute approximate surface area is 188 Å². The Morgan fingerprint density at radius 2 is 2.03 bits per heavy atom. The van der Waals surface area contributed by atoms with Crippen molar-refractivity contribution < 1.29 is 38.0 Å². The van der Waals surface area contributed by atoms with Gasteiger partial charge in [-0.25, -0.2) is 18.6 Å². The fourth-order valence-electron chi connectivity index (χ4n) is 3.88. The summed E-state index contributed by atoms with van der Waals surface area (Å²) in [7, 11) is 1.55. The molecule has 3 N–H and O–H groups in total. The number of H-pyrrole nitrogens is 1. The second kappa shape index (κ2) is 10.2. The van der Waals surface area contributed by atoms with Gasteiger partial charge in [0, 0.05) is 25.7 Å². The Morgan fingerprint density at radius 3 is 2.64 bits per heavy atom. The van der Waals surface area contributed by atoms with Gasteiger partial charge in [-0.05, 0) is 29.9 Å². The molecule has 3 rings (SSSR count). The van der Waals surface area contributed by atoms with Crippen LogP contribution >= 0.6 is 0 Å². The van der Waals surface area contributed by atoms with Crippen LogP contribution < -0.4 is 15.0 Å². The minimum atomic E-state index is -2.75. The Bertz CT molecular complexity index is 1090. The molecule has 0 bridgehead atoms. The second-order valence-corrected chi connectivity index (χ2v) is 8.02. The quantitative estimate of drug-likeness (QED) is 0.453. The van der Waals surface area contributed by atoms with E-state index in [2.05, 4.69) is 9.97 Å². The molecule has 0 amide bonds. The summed E-state index contributed by atoms with van der Waals surface area (Å²) in [5.74, 6) is -2.57. The van der Waals surface area contributed by atoms with Crippen LogP contribution in [-0.4, -0.2) is 59.5 Å². The number of rotatable bonds is 10. The van der Waals surface area contributed by atoms with Gasteiger partial charge >= 0.3 is 5.97 Å². The number of methoxy groups -OCH3 is 1. The molecule has 1 unspecified atom stereocenters. The number of alkyl halides is 2. The van der Waals surface area contributed by atoms with Crippen molar-refractivity contribution in [2.75, 3.05) is 26.9 Å². The molecular weight excluding hydrogens is 442 g/mol. The highest BCUT2D eigenvalue weighted by molar-refractivity contribution is 5.92. The van der Waals surface area contributed by atoms with E-state index in [1.165, 1.54) is 0 Å². The molecule has 2 heterocycles. The smallest absolute Gasteiger partial charge is 0.345 e. The maximum Gasteiger partial charge on any atom is 0.345 e. The van der Waals surface area contributed by atoms with Crippen LogP contribution in [0.1, 0.15) is 47.7 Å². The molecule has 1 aliphatic carbocycles. The number of aromatic amines is 1. The van der Waals surface area contributed by atoms with Crippen molar-refractivity contribution in [3.8, 4) is 28.8 Å². The van der Waals surface area contributed by atoms with Gasteiger partial charge in [0.25, 0.3) is 17.9 Å². The highest BCUT2D eigenvalue weighted by atomic mass is 19.3. The highest BCUT2D eigenvalue weighted by Crippen LogP contribution is 2.47. The number of nitrogens with zero attached hydrogens (tertiary/aromatic N) is 1. The van der Waals surface area contributed by atoms with Crippen molar-refractivity contribution in [3.63, 3.8) is 0 Å². The topological polar surface area (TPSA) is 131 Å². The molecule has 0 radical (unpaired) electrons. The van der Waals surface area contributed by atoms with Gasteiger partial charge in [-0.15, -0.1) is 0 Å². The average Bonchev–Trinajstić information content (AvgIpc) is 2.74. The third-order valence-corrected chi connectivity index (χ3v) is 5.42. The Balaban J connectivity index is 2.17. The summed E-state index contributed by atoms with van der Waals surface area (Å²) in [6, 6.07) is 1.62. The molecule has 0 saturated carbocycles. The van der Waals surface area contributed by atoms with Crippen LogP contribution in [0.4, 0.5) is 8.78 Å². The van der Waals surface area contributed by atoms with E-state index in [1.807, 2.05) is 13.8 Å². The number of aromatic carboxylic acids is 1. The minimum Gasteiger partial charge on any atom is -0.506 e. The summed E-state index contributed by atoms with van der Waals surface area (Å²) >= 11 is 0. The Kier molecular flexibility index (Phi) is 7.52. The number of carboxylic acids is 1. The molecule has 0 aliphatic heterocycles. The van der Waals surface area contributed by atoms with Crippen molar-refractivity contribution in [2.45, 2.75) is 39.0 Å². The maximum absolute atomic E-state index is 12.8. The number of carboxylic acid groups (broad SMARTS) is 1. The summed E-state index contributed by atoms with van der Waals surface area (Å²) in [6.07, 6.45) is -1.84. The van der Waals surface area contributed by atoms with Gasteiger partial charge in [-0.1, -0.05) is 13.8 Å². The first-order valence-corrected chi connectivity index (χ1v) is 10.4. The van der Waals surface area contributed by atoms with Gasteiger partial charge in [0.2, 0.25) is 0 Å². The van der Waals surface area contributed by atoms with Crippen LogP contribution in [0.2, 0.25) is 0 Å². The number of ether oxygens (including phenoxy) is 3. The third-order valence-electron chi connectivity index (χ3n) is 5.42. The van der Waals surface area contributed by atoms with Crippen molar-refractivity contribution in [1.82, 2.24) is 9.97 Å². The summed E-state index contributed by atoms with van der Waals surface area (Å²) in [4.78, 5) is 30.8. The number of fused-ring (bicyclic) bond motifs is 3. The van der Waals surface area contributed by atoms with Crippen LogP contribution in [0.25, 0.3) is 11.4 Å². The van der Waals surface area contributed by atoms with E-state index in [0.717, 1.165) is 0 Å². The van der Waals surface area contributed by atoms with Crippen LogP contribution in [0.15, 0.2) is 10.9 Å². The van der Waals surface area contributed by atoms with Crippen LogP contribution in [-0.2, 0) is 11.2 Å². The minimum absolute atomic E-state index is 0.0313. The van der Waals surface area contributed by atoms with E-state index >= 15 is 0 Å². The van der Waals surface area contributed by atoms with E-state index in [0.29, 0.717) is 25.0 Å². The lowest BCUT2D eigenvalue weighted by Gasteiger charge is -2.31. The molecule has 0 fully saturated rings. The number of pyridine rings is 2. The second-order valence-electron chi connectivity index (χ2n) is 8.02. The number of carbonyl (C=O) groups is 1. The van der Waals surface area contributed by atoms with Crippen molar-refractivity contribution in [2.24, 2.45) is 5.92 Å². The number of nitrogens with one attached hydrogen (secondary N) is 1. The molecule has 0 aromatic carbocycles. The molecule has 2 aromatic rings. The lowest BCUT2D eigenvalue weighted by atomic mass is 9.76. The zero-order valence-electron chi connectivity index (χ0n) is 18.5. The molecule has 2 aromatic heterocycles. The summed E-state index contributed by atoms with van der Waals surface area (Å²) in [5, 5.41) is 20.1. The SMILES string of the molecule is COCCCOc1cc2c(nc1OCC(F)F)-c1[nH]c(=O)c(C(=O)O)c(O)c1C(C(C)C)C2. The normalized spacial score (nSPS) is 14.8. The van der Waals surface area contributed by atoms with Gasteiger partial charge in [0.15, 0.2) is 17.9 Å². The van der Waals surface area contributed by atoms with E-state index in [9.17, 15) is 28.6 Å². The highest BCUT2D eigenvalue weighted by Gasteiger charge is 2.35. The van der Waals surface area contributed by atoms with Crippen LogP contribution in [0.5, 0.6) is 17.4 Å². The fourth-order valence-corrected chi connectivity index (χ4v) is 3.88. The monoisotopic (exact) mass is 468 g/mol. The Morgan fingerprint density at radius 1 is 1.30 bits per heavy atom. The van der Waals surface area contributed by atoms with E-state index < -0.39 is 35.9 Å². The first-order chi connectivity index (χ1) is 15.6. The van der Waals surface area contributed by atoms with Crippen molar-refractivity contribution in [1.29, 1.82) is 0 Å². The van der Waals surface area contributed by atoms with E-state index in [1.54, 1.807) is 13.2 Å². The number of aromatic hydroxyl groups is 1. The molecule has 1 atom stereocenters. The number of hydrogen-bond acceptors (Lipinski definition) is 7. The zero-order chi connectivity index (χ0) is 24.3. The number of hydrogen-bond donors (Lipinski definition) is 3. The van der Waals surface area contributed by atoms with E-state index in [-0.39, 0.29) is 47.0 Å². The average molecular weight is 468 g/mol. The largest absolute Gasteiger partial charge is 0.506 e. The summed E-state index contributed by atoms with van der Waals surface area (Å²) < 4.78 is 41.5. The number of aromatic nitrogens is 2. The van der Waals surface area contributed by atoms with E-state index in [4.69, 9.17) is 14.2 Å². The first kappa shape index (κ1) is 24.4. The predicted octanol–water partition coefficient (Wildman–Crippen LogP) is 3.20. The summed E-state index contributed by atoms with van der Waals surface area (Å²) in [5.41, 5.74) is -0.517. The standard InChI is InChI=1S/C22H26F2N2O7/c1-10(2)12-7-11-8-13(32-6-4-5-31-3)21(33-9-14(23)24)26-17(11)18-15(12)19(27)16(22(29)30)20(28)25-18/h8,10,12,14H,4-7,9H2,1-3H3,(H,29,30)(H2,25,27,28). The zero-order valence-corrected chi connectivity index (χ0v) is 18.5. The van der Waals surface area contributed by atoms with Gasteiger partial charge in [0.05, 0.1) is 18.0 Å². The molecule has 180 valence electrons. The predicted molar refractivity (Wildman–Crippen MR) is 114 cm³/mol. The van der Waals surface area contributed by atoms with Crippen molar-refractivity contribution >= 4 is 5.97 Å². The lowest BCUT2D eigenvalue weighted by Crippen LogP contribution is -2.26. The third kappa shape index (κ3) is 5.08. The van der Waals surface area contributed by atoms with Gasteiger partial charge in [-0.3, -0.25) is 4.79 Å². The van der Waals surface area contributed by atoms with Gasteiger partial charge in [-0.2, -0.15) is 0 Å². The van der Waals surface area contributed by atoms with Gasteiger partial charge in [0.1, 0.15) is 5.75 Å². The molecule has 9 nitrogen and oxygen atoms in total. The number of halogens is 2. The fraction of sp³-hybridized carbons (Fsp3) is 0.500. The first-order valence-electron chi connectivity index (χ1n) is 10.4. The van der Waals surface area contributed by atoms with Gasteiger partial charge < -0.3 is 29.4 Å². The van der Waals surface area contributed by atoms with Crippen LogP contribution in [0, 0.1) is 5.92 Å². The maximum atomic E-state index is 12.8. The summed E-state index contributed by atoms with van der Waals surface area (Å²) in [6.45, 7) is 3.58. The lowest BCUT2D eigenvalue weighted by molar-refractivity contribution is 0.0691. The molecular formula is C22H26F2N2O7.